The van der Waals surface area contributed by atoms with Gasteiger partial charge in [0, 0.05) is 38.1 Å². The summed E-state index contributed by atoms with van der Waals surface area (Å²) in [5, 5.41) is 11.5. The van der Waals surface area contributed by atoms with E-state index in [9.17, 15) is 9.59 Å². The van der Waals surface area contributed by atoms with Gasteiger partial charge in [-0.2, -0.15) is 0 Å². The highest BCUT2D eigenvalue weighted by molar-refractivity contribution is 5.74. The van der Waals surface area contributed by atoms with Crippen LogP contribution in [0.5, 0.6) is 0 Å². The molecule has 2 amide bonds. The molecule has 0 aromatic heterocycles. The maximum atomic E-state index is 12.1. The molecule has 1 aliphatic heterocycles. The molecule has 0 spiro atoms. The molecule has 1 aliphatic rings. The van der Waals surface area contributed by atoms with E-state index in [-0.39, 0.29) is 12.5 Å². The van der Waals surface area contributed by atoms with E-state index >= 15 is 0 Å². The molecule has 1 heterocycles. The Morgan fingerprint density at radius 1 is 1.10 bits per heavy atom. The molecular weight excluding hydrogens is 270 g/mol. The lowest BCUT2D eigenvalue weighted by Gasteiger charge is -2.42. The van der Waals surface area contributed by atoms with Gasteiger partial charge in [0.05, 0.1) is 0 Å². The molecular formula is C15H29N3O3. The van der Waals surface area contributed by atoms with Crippen molar-refractivity contribution in [3.63, 3.8) is 0 Å². The van der Waals surface area contributed by atoms with Crippen LogP contribution in [-0.2, 0) is 4.79 Å². The number of hydrogen-bond donors (Lipinski definition) is 2. The van der Waals surface area contributed by atoms with Gasteiger partial charge >= 0.3 is 12.0 Å². The van der Waals surface area contributed by atoms with Crippen LogP contribution in [0.4, 0.5) is 4.79 Å². The molecule has 2 atom stereocenters. The summed E-state index contributed by atoms with van der Waals surface area (Å²) in [6.07, 6.45) is 3.73. The van der Waals surface area contributed by atoms with E-state index in [1.807, 2.05) is 4.90 Å². The first kappa shape index (κ1) is 17.8. The van der Waals surface area contributed by atoms with E-state index in [1.165, 1.54) is 0 Å². The highest BCUT2D eigenvalue weighted by Crippen LogP contribution is 2.13. The van der Waals surface area contributed by atoms with Crippen molar-refractivity contribution >= 4 is 12.0 Å². The number of nitrogens with zero attached hydrogens (tertiary/aromatic N) is 2. The van der Waals surface area contributed by atoms with Gasteiger partial charge in [-0.15, -0.1) is 0 Å². The number of likely N-dealkylation sites (N-methyl/N-ethyl adjacent to an activating group) is 1. The number of piperazine rings is 1. The maximum Gasteiger partial charge on any atom is 0.317 e. The number of amides is 2. The molecule has 6 heteroatoms. The molecule has 0 bridgehead atoms. The van der Waals surface area contributed by atoms with Crippen LogP contribution in [0, 0.1) is 0 Å². The number of nitrogens with one attached hydrogen (secondary N) is 1. The van der Waals surface area contributed by atoms with Crippen LogP contribution in [0.1, 0.15) is 46.0 Å². The Bertz CT molecular complexity index is 337. The van der Waals surface area contributed by atoms with Crippen molar-refractivity contribution in [3.05, 3.63) is 0 Å². The van der Waals surface area contributed by atoms with Crippen molar-refractivity contribution in [2.24, 2.45) is 0 Å². The molecule has 1 rings (SSSR count). The SMILES string of the molecule is CC1CN(C(=O)NCCCCCCC(=O)O)CC(C)N1C. The third-order valence-corrected chi connectivity index (χ3v) is 4.24. The Kier molecular flexibility index (Phi) is 7.50. The van der Waals surface area contributed by atoms with Gasteiger partial charge in [0.15, 0.2) is 0 Å². The van der Waals surface area contributed by atoms with Crippen molar-refractivity contribution in [2.75, 3.05) is 26.7 Å². The summed E-state index contributed by atoms with van der Waals surface area (Å²) in [4.78, 5) is 26.6. The van der Waals surface area contributed by atoms with Crippen molar-refractivity contribution < 1.29 is 14.7 Å². The van der Waals surface area contributed by atoms with Crippen LogP contribution < -0.4 is 5.32 Å². The fraction of sp³-hybridized carbons (Fsp3) is 0.867. The molecule has 1 fully saturated rings. The van der Waals surface area contributed by atoms with Crippen molar-refractivity contribution in [1.82, 2.24) is 15.1 Å². The van der Waals surface area contributed by atoms with Crippen LogP contribution in [0.3, 0.4) is 0 Å². The highest BCUT2D eigenvalue weighted by atomic mass is 16.4. The summed E-state index contributed by atoms with van der Waals surface area (Å²) in [6, 6.07) is 0.790. The van der Waals surface area contributed by atoms with Gasteiger partial charge in [0.1, 0.15) is 0 Å². The fourth-order valence-corrected chi connectivity index (χ4v) is 2.63. The van der Waals surface area contributed by atoms with Crippen LogP contribution in [0.2, 0.25) is 0 Å². The zero-order valence-corrected chi connectivity index (χ0v) is 13.5. The monoisotopic (exact) mass is 299 g/mol. The predicted molar refractivity (Wildman–Crippen MR) is 82.4 cm³/mol. The van der Waals surface area contributed by atoms with E-state index in [0.29, 0.717) is 18.6 Å². The van der Waals surface area contributed by atoms with Crippen molar-refractivity contribution in [2.45, 2.75) is 58.0 Å². The normalized spacial score (nSPS) is 23.1. The fourth-order valence-electron chi connectivity index (χ4n) is 2.63. The first-order chi connectivity index (χ1) is 9.91. The summed E-state index contributed by atoms with van der Waals surface area (Å²) < 4.78 is 0. The Labute approximate surface area is 127 Å². The zero-order chi connectivity index (χ0) is 15.8. The van der Waals surface area contributed by atoms with Gasteiger partial charge in [-0.25, -0.2) is 4.79 Å². The molecule has 0 aromatic rings. The first-order valence-corrected chi connectivity index (χ1v) is 7.88. The Hall–Kier alpha value is -1.30. The molecule has 6 nitrogen and oxygen atoms in total. The number of carboxylic acids is 1. The third-order valence-electron chi connectivity index (χ3n) is 4.24. The summed E-state index contributed by atoms with van der Waals surface area (Å²) in [6.45, 7) is 6.48. The number of carboxylic acid groups (broad SMARTS) is 1. The number of unbranched alkanes of at least 4 members (excludes halogenated alkanes) is 3. The molecule has 122 valence electrons. The van der Waals surface area contributed by atoms with E-state index in [2.05, 4.69) is 31.1 Å². The van der Waals surface area contributed by atoms with Crippen molar-refractivity contribution in [1.29, 1.82) is 0 Å². The smallest absolute Gasteiger partial charge is 0.317 e. The minimum Gasteiger partial charge on any atom is -0.481 e. The Balaban J connectivity index is 2.12. The molecule has 0 aromatic carbocycles. The van der Waals surface area contributed by atoms with Gasteiger partial charge in [0.25, 0.3) is 0 Å². The summed E-state index contributed by atoms with van der Waals surface area (Å²) in [5.74, 6) is -0.735. The number of rotatable bonds is 7. The molecule has 1 saturated heterocycles. The zero-order valence-electron chi connectivity index (χ0n) is 13.5. The van der Waals surface area contributed by atoms with Gasteiger partial charge in [-0.05, 0) is 33.7 Å². The molecule has 2 unspecified atom stereocenters. The maximum absolute atomic E-state index is 12.1. The first-order valence-electron chi connectivity index (χ1n) is 7.88. The standard InChI is InChI=1S/C15H29N3O3/c1-12-10-18(11-13(2)17(12)3)15(21)16-9-7-5-4-6-8-14(19)20/h12-13H,4-11H2,1-3H3,(H,16,21)(H,19,20). The van der Waals surface area contributed by atoms with E-state index in [1.54, 1.807) is 0 Å². The lowest BCUT2D eigenvalue weighted by molar-refractivity contribution is -0.137. The minimum absolute atomic E-state index is 0.0207. The Morgan fingerprint density at radius 3 is 2.24 bits per heavy atom. The largest absolute Gasteiger partial charge is 0.481 e. The topological polar surface area (TPSA) is 72.9 Å². The molecule has 0 radical (unpaired) electrons. The summed E-state index contributed by atoms with van der Waals surface area (Å²) >= 11 is 0. The molecule has 2 N–H and O–H groups in total. The number of hydrogen-bond acceptors (Lipinski definition) is 3. The van der Waals surface area contributed by atoms with Crippen LogP contribution in [-0.4, -0.2) is 65.7 Å². The van der Waals surface area contributed by atoms with Gasteiger partial charge in [-0.3, -0.25) is 9.69 Å². The van der Waals surface area contributed by atoms with Crippen LogP contribution in [0.25, 0.3) is 0 Å². The average Bonchev–Trinajstić information content (AvgIpc) is 2.42. The highest BCUT2D eigenvalue weighted by Gasteiger charge is 2.28. The lowest BCUT2D eigenvalue weighted by Crippen LogP contribution is -2.58. The second kappa shape index (κ2) is 8.87. The lowest BCUT2D eigenvalue weighted by atomic mass is 10.1. The van der Waals surface area contributed by atoms with Gasteiger partial charge in [-0.1, -0.05) is 12.8 Å². The number of carbonyl (C=O) groups is 2. The number of carbonyl (C=O) groups excluding carboxylic acids is 1. The predicted octanol–water partition coefficient (Wildman–Crippen LogP) is 1.76. The van der Waals surface area contributed by atoms with E-state index in [0.717, 1.165) is 38.8 Å². The number of aliphatic carboxylic acids is 1. The summed E-state index contributed by atoms with van der Waals surface area (Å²) in [7, 11) is 2.10. The van der Waals surface area contributed by atoms with E-state index < -0.39 is 5.97 Å². The molecule has 0 aliphatic carbocycles. The van der Waals surface area contributed by atoms with E-state index in [4.69, 9.17) is 5.11 Å². The van der Waals surface area contributed by atoms with Crippen molar-refractivity contribution in [3.8, 4) is 0 Å². The number of urea groups is 1. The summed E-state index contributed by atoms with van der Waals surface area (Å²) in [5.41, 5.74) is 0. The quantitative estimate of drug-likeness (QED) is 0.703. The van der Waals surface area contributed by atoms with Crippen LogP contribution in [0.15, 0.2) is 0 Å². The second-order valence-electron chi connectivity index (χ2n) is 6.06. The molecule has 0 saturated carbocycles. The van der Waals surface area contributed by atoms with Gasteiger partial charge in [0.2, 0.25) is 0 Å². The average molecular weight is 299 g/mol. The van der Waals surface area contributed by atoms with Gasteiger partial charge < -0.3 is 15.3 Å². The molecule has 21 heavy (non-hydrogen) atoms. The third kappa shape index (κ3) is 6.33. The minimum atomic E-state index is -0.735. The second-order valence-corrected chi connectivity index (χ2v) is 6.06. The Morgan fingerprint density at radius 2 is 1.67 bits per heavy atom. The van der Waals surface area contributed by atoms with Crippen LogP contribution >= 0.6 is 0 Å².